The number of benzene rings is 1. The summed E-state index contributed by atoms with van der Waals surface area (Å²) in [5.74, 6) is -0.166. The second kappa shape index (κ2) is 5.22. The SMILES string of the molecule is Cc1nnsc1C(=O)N(C)c1ccc(Cl)c(Cl)c1. The normalized spacial score (nSPS) is 10.4. The lowest BCUT2D eigenvalue weighted by Crippen LogP contribution is -2.26. The third kappa shape index (κ3) is 2.48. The Kier molecular flexibility index (Phi) is 3.85. The van der Waals surface area contributed by atoms with Crippen LogP contribution in [-0.4, -0.2) is 22.5 Å². The van der Waals surface area contributed by atoms with Crippen molar-refractivity contribution in [2.45, 2.75) is 6.92 Å². The molecule has 7 heteroatoms. The quantitative estimate of drug-likeness (QED) is 0.854. The van der Waals surface area contributed by atoms with E-state index in [-0.39, 0.29) is 5.91 Å². The molecular formula is C11H9Cl2N3OS. The molecule has 0 saturated heterocycles. The van der Waals surface area contributed by atoms with E-state index in [9.17, 15) is 4.79 Å². The standard InChI is InChI=1S/C11H9Cl2N3OS/c1-6-10(18-15-14-6)11(17)16(2)7-3-4-8(12)9(13)5-7/h3-5H,1-2H3. The molecule has 0 bridgehead atoms. The molecule has 0 saturated carbocycles. The predicted molar refractivity (Wildman–Crippen MR) is 73.8 cm³/mol. The average molecular weight is 302 g/mol. The van der Waals surface area contributed by atoms with Crippen LogP contribution in [0, 0.1) is 6.92 Å². The molecule has 0 unspecified atom stereocenters. The highest BCUT2D eigenvalue weighted by molar-refractivity contribution is 7.08. The molecule has 94 valence electrons. The average Bonchev–Trinajstić information content (AvgIpc) is 2.77. The van der Waals surface area contributed by atoms with Crippen molar-refractivity contribution in [3.63, 3.8) is 0 Å². The third-order valence-electron chi connectivity index (χ3n) is 2.44. The number of aromatic nitrogens is 2. The first-order valence-corrected chi connectivity index (χ1v) is 6.55. The van der Waals surface area contributed by atoms with Crippen LogP contribution >= 0.6 is 34.7 Å². The molecule has 0 N–H and O–H groups in total. The summed E-state index contributed by atoms with van der Waals surface area (Å²) < 4.78 is 3.75. The van der Waals surface area contributed by atoms with Crippen LogP contribution in [0.15, 0.2) is 18.2 Å². The van der Waals surface area contributed by atoms with Crippen LogP contribution in [0.4, 0.5) is 5.69 Å². The summed E-state index contributed by atoms with van der Waals surface area (Å²) in [5.41, 5.74) is 1.29. The van der Waals surface area contributed by atoms with E-state index in [1.165, 1.54) is 4.90 Å². The second-order valence-corrected chi connectivity index (χ2v) is 5.22. The largest absolute Gasteiger partial charge is 0.311 e. The monoisotopic (exact) mass is 301 g/mol. The van der Waals surface area contributed by atoms with Crippen LogP contribution in [0.1, 0.15) is 15.4 Å². The number of aryl methyl sites for hydroxylation is 1. The van der Waals surface area contributed by atoms with Crippen LogP contribution < -0.4 is 4.90 Å². The lowest BCUT2D eigenvalue weighted by atomic mass is 10.2. The van der Waals surface area contributed by atoms with E-state index in [2.05, 4.69) is 9.59 Å². The predicted octanol–water partition coefficient (Wildman–Crippen LogP) is 3.43. The van der Waals surface area contributed by atoms with Crippen LogP contribution in [0.3, 0.4) is 0 Å². The fraction of sp³-hybridized carbons (Fsp3) is 0.182. The summed E-state index contributed by atoms with van der Waals surface area (Å²) in [6.45, 7) is 1.75. The van der Waals surface area contributed by atoms with Crippen molar-refractivity contribution in [2.24, 2.45) is 0 Å². The zero-order chi connectivity index (χ0) is 13.3. The lowest BCUT2D eigenvalue weighted by Gasteiger charge is -2.16. The van der Waals surface area contributed by atoms with Gasteiger partial charge in [0.25, 0.3) is 5.91 Å². The van der Waals surface area contributed by atoms with Crippen molar-refractivity contribution in [1.29, 1.82) is 0 Å². The molecule has 1 aromatic carbocycles. The van der Waals surface area contributed by atoms with E-state index in [0.717, 1.165) is 11.5 Å². The molecular weight excluding hydrogens is 293 g/mol. The summed E-state index contributed by atoms with van der Waals surface area (Å²) >= 11 is 12.8. The number of hydrogen-bond acceptors (Lipinski definition) is 4. The summed E-state index contributed by atoms with van der Waals surface area (Å²) in [5, 5.41) is 4.68. The number of carbonyl (C=O) groups excluding carboxylic acids is 1. The van der Waals surface area contributed by atoms with E-state index in [1.807, 2.05) is 0 Å². The first kappa shape index (κ1) is 13.3. The van der Waals surface area contributed by atoms with Gasteiger partial charge in [0.05, 0.1) is 15.7 Å². The molecule has 0 atom stereocenters. The molecule has 4 nitrogen and oxygen atoms in total. The minimum atomic E-state index is -0.166. The molecule has 2 aromatic rings. The van der Waals surface area contributed by atoms with Gasteiger partial charge in [0.2, 0.25) is 0 Å². The molecule has 0 fully saturated rings. The summed E-state index contributed by atoms with van der Waals surface area (Å²) in [4.78, 5) is 14.2. The molecule has 18 heavy (non-hydrogen) atoms. The van der Waals surface area contributed by atoms with Crippen LogP contribution in [0.5, 0.6) is 0 Å². The number of rotatable bonds is 2. The highest BCUT2D eigenvalue weighted by Crippen LogP contribution is 2.27. The zero-order valence-electron chi connectivity index (χ0n) is 9.65. The molecule has 0 spiro atoms. The van der Waals surface area contributed by atoms with Gasteiger partial charge >= 0.3 is 0 Å². The molecule has 0 aliphatic carbocycles. The third-order valence-corrected chi connectivity index (χ3v) is 4.00. The Hall–Kier alpha value is -1.17. The first-order chi connectivity index (χ1) is 8.50. The Labute approximate surface area is 118 Å². The maximum atomic E-state index is 12.2. The zero-order valence-corrected chi connectivity index (χ0v) is 12.0. The maximum absolute atomic E-state index is 12.2. The topological polar surface area (TPSA) is 46.1 Å². The minimum Gasteiger partial charge on any atom is -0.311 e. The lowest BCUT2D eigenvalue weighted by molar-refractivity contribution is 0.0996. The van der Waals surface area contributed by atoms with Gasteiger partial charge in [-0.05, 0) is 36.7 Å². The van der Waals surface area contributed by atoms with E-state index >= 15 is 0 Å². The second-order valence-electron chi connectivity index (χ2n) is 3.65. The minimum absolute atomic E-state index is 0.166. The van der Waals surface area contributed by atoms with Gasteiger partial charge in [-0.1, -0.05) is 27.7 Å². The number of halogens is 2. The van der Waals surface area contributed by atoms with Gasteiger partial charge in [0.15, 0.2) is 0 Å². The Morgan fingerprint density at radius 1 is 1.33 bits per heavy atom. The molecule has 0 aliphatic rings. The van der Waals surface area contributed by atoms with Gasteiger partial charge in [-0.25, -0.2) is 0 Å². The summed E-state index contributed by atoms with van der Waals surface area (Å²) in [6.07, 6.45) is 0. The van der Waals surface area contributed by atoms with Gasteiger partial charge in [-0.3, -0.25) is 4.79 Å². The van der Waals surface area contributed by atoms with Crippen molar-refractivity contribution in [3.05, 3.63) is 38.8 Å². The van der Waals surface area contributed by atoms with Crippen molar-refractivity contribution >= 4 is 46.3 Å². The molecule has 1 aromatic heterocycles. The van der Waals surface area contributed by atoms with Crippen molar-refractivity contribution < 1.29 is 4.79 Å². The van der Waals surface area contributed by atoms with E-state index < -0.39 is 0 Å². The highest BCUT2D eigenvalue weighted by atomic mass is 35.5. The van der Waals surface area contributed by atoms with Gasteiger partial charge in [-0.15, -0.1) is 5.10 Å². The van der Waals surface area contributed by atoms with E-state index in [4.69, 9.17) is 23.2 Å². The summed E-state index contributed by atoms with van der Waals surface area (Å²) in [7, 11) is 1.67. The van der Waals surface area contributed by atoms with Crippen LogP contribution in [0.25, 0.3) is 0 Å². The smallest absolute Gasteiger partial charge is 0.271 e. The summed E-state index contributed by atoms with van der Waals surface area (Å²) in [6, 6.07) is 5.03. The number of carbonyl (C=O) groups is 1. The van der Waals surface area contributed by atoms with Gasteiger partial charge in [0, 0.05) is 12.7 Å². The van der Waals surface area contributed by atoms with Gasteiger partial charge in [-0.2, -0.15) is 0 Å². The Bertz CT molecular complexity index is 600. The van der Waals surface area contributed by atoms with Crippen LogP contribution in [0.2, 0.25) is 10.0 Å². The van der Waals surface area contributed by atoms with Crippen LogP contribution in [-0.2, 0) is 0 Å². The Morgan fingerprint density at radius 2 is 2.06 bits per heavy atom. The van der Waals surface area contributed by atoms with Crippen molar-refractivity contribution in [1.82, 2.24) is 9.59 Å². The van der Waals surface area contributed by atoms with Crippen molar-refractivity contribution in [2.75, 3.05) is 11.9 Å². The fourth-order valence-corrected chi connectivity index (χ4v) is 2.32. The van der Waals surface area contributed by atoms with Crippen molar-refractivity contribution in [3.8, 4) is 0 Å². The molecule has 0 radical (unpaired) electrons. The number of anilines is 1. The molecule has 1 amide bonds. The number of nitrogens with zero attached hydrogens (tertiary/aromatic N) is 3. The van der Waals surface area contributed by atoms with E-state index in [0.29, 0.717) is 26.3 Å². The Morgan fingerprint density at radius 3 is 2.61 bits per heavy atom. The molecule has 1 heterocycles. The number of amides is 1. The Balaban J connectivity index is 2.31. The highest BCUT2D eigenvalue weighted by Gasteiger charge is 2.19. The molecule has 0 aliphatic heterocycles. The van der Waals surface area contributed by atoms with E-state index in [1.54, 1.807) is 32.2 Å². The first-order valence-electron chi connectivity index (χ1n) is 5.02. The fourth-order valence-electron chi connectivity index (χ4n) is 1.39. The van der Waals surface area contributed by atoms with Gasteiger partial charge in [0.1, 0.15) is 4.88 Å². The number of hydrogen-bond donors (Lipinski definition) is 0. The maximum Gasteiger partial charge on any atom is 0.271 e. The molecule has 2 rings (SSSR count). The van der Waals surface area contributed by atoms with Gasteiger partial charge < -0.3 is 4.90 Å².